The van der Waals surface area contributed by atoms with E-state index in [9.17, 15) is 19.2 Å². The molecular weight excluding hydrogens is 364 g/mol. The molecule has 0 radical (unpaired) electrons. The Morgan fingerprint density at radius 1 is 0.783 bits per heavy atom. The number of hydrogen-bond donors (Lipinski definition) is 3. The SMILES string of the molecule is CC(=O)OC(CC(=O)O)(CC(=O)O)C(=O)O.O.O.O.[NaH].[NaH].[NaH].[NaH]. The van der Waals surface area contributed by atoms with Gasteiger partial charge in [0.25, 0.3) is 0 Å². The van der Waals surface area contributed by atoms with Gasteiger partial charge < -0.3 is 36.5 Å². The summed E-state index contributed by atoms with van der Waals surface area (Å²) < 4.78 is 4.32. The zero-order valence-corrected chi connectivity index (χ0v) is 9.80. The third-order valence-corrected chi connectivity index (χ3v) is 1.60. The maximum atomic E-state index is 10.8. The van der Waals surface area contributed by atoms with Crippen LogP contribution in [0, 0.1) is 0 Å². The van der Waals surface area contributed by atoms with Gasteiger partial charge in [-0.1, -0.05) is 0 Å². The van der Waals surface area contributed by atoms with Crippen LogP contribution in [0.25, 0.3) is 0 Å². The van der Waals surface area contributed by atoms with Crippen LogP contribution in [0.2, 0.25) is 0 Å². The first-order valence-corrected chi connectivity index (χ1v) is 4.06. The standard InChI is InChI=1S/C8H10O8.4Na.3H2O.4H/c1-4(9)16-8(7(14)15,2-5(10)11)3-6(12)13;;;;;;;;;;;/h2-3H2,1H3,(H,10,11)(H,12,13)(H,14,15);;;;;3*1H2;;;;. The van der Waals surface area contributed by atoms with Crippen LogP contribution in [-0.4, -0.2) is 179 Å². The van der Waals surface area contributed by atoms with Gasteiger partial charge in [0.15, 0.2) is 0 Å². The van der Waals surface area contributed by atoms with Crippen molar-refractivity contribution in [2.24, 2.45) is 0 Å². The summed E-state index contributed by atoms with van der Waals surface area (Å²) in [7, 11) is 0. The molecule has 11 nitrogen and oxygen atoms in total. The van der Waals surface area contributed by atoms with Crippen LogP contribution in [0.15, 0.2) is 0 Å². The Morgan fingerprint density at radius 3 is 1.17 bits per heavy atom. The molecule has 0 aromatic carbocycles. The van der Waals surface area contributed by atoms with E-state index in [-0.39, 0.29) is 135 Å². The average molecular weight is 384 g/mol. The van der Waals surface area contributed by atoms with Gasteiger partial charge in [0.05, 0.1) is 12.8 Å². The molecule has 0 heterocycles. The van der Waals surface area contributed by atoms with Gasteiger partial charge in [-0.05, 0) is 0 Å². The summed E-state index contributed by atoms with van der Waals surface area (Å²) in [6.07, 6.45) is -2.23. The number of carbonyl (C=O) groups is 4. The quantitative estimate of drug-likeness (QED) is 0.294. The van der Waals surface area contributed by atoms with Crippen LogP contribution >= 0.6 is 0 Å². The number of ether oxygens (including phenoxy) is 1. The molecular formula is C8H20Na4O11. The summed E-state index contributed by atoms with van der Waals surface area (Å²) in [5.74, 6) is -6.03. The number of carboxylic acid groups (broad SMARTS) is 3. The van der Waals surface area contributed by atoms with Crippen molar-refractivity contribution in [2.75, 3.05) is 0 Å². The summed E-state index contributed by atoms with van der Waals surface area (Å²) in [6, 6.07) is 0. The Kier molecular flexibility index (Phi) is 51.4. The Hall–Kier alpha value is 1.76. The monoisotopic (exact) mass is 384 g/mol. The van der Waals surface area contributed by atoms with Crippen LogP contribution < -0.4 is 0 Å². The normalized spacial score (nSPS) is 7.35. The van der Waals surface area contributed by atoms with Gasteiger partial charge in [-0.2, -0.15) is 0 Å². The number of carbonyl (C=O) groups excluding carboxylic acids is 1. The van der Waals surface area contributed by atoms with E-state index < -0.39 is 42.3 Å². The van der Waals surface area contributed by atoms with Crippen molar-refractivity contribution < 1.29 is 55.7 Å². The Balaban J connectivity index is -0.0000000536. The molecule has 0 aromatic heterocycles. The molecule has 0 fully saturated rings. The summed E-state index contributed by atoms with van der Waals surface area (Å²) in [6.45, 7) is 0.862. The van der Waals surface area contributed by atoms with Crippen molar-refractivity contribution in [1.29, 1.82) is 0 Å². The second-order valence-electron chi connectivity index (χ2n) is 3.03. The van der Waals surface area contributed by atoms with Gasteiger partial charge in [0.2, 0.25) is 5.60 Å². The van der Waals surface area contributed by atoms with E-state index in [1.807, 2.05) is 0 Å². The van der Waals surface area contributed by atoms with Crippen molar-refractivity contribution in [2.45, 2.75) is 25.4 Å². The van der Waals surface area contributed by atoms with Gasteiger partial charge in [-0.25, -0.2) is 4.79 Å². The molecule has 15 heteroatoms. The summed E-state index contributed by atoms with van der Waals surface area (Å²) >= 11 is 0. The molecule has 0 atom stereocenters. The fourth-order valence-electron chi connectivity index (χ4n) is 1.09. The fourth-order valence-corrected chi connectivity index (χ4v) is 1.09. The Labute approximate surface area is 220 Å². The third-order valence-electron chi connectivity index (χ3n) is 1.60. The first-order valence-electron chi connectivity index (χ1n) is 4.06. The molecule has 0 aromatic rings. The van der Waals surface area contributed by atoms with E-state index in [1.165, 1.54) is 0 Å². The van der Waals surface area contributed by atoms with Crippen molar-refractivity contribution in [3.8, 4) is 0 Å². The molecule has 0 aliphatic heterocycles. The zero-order valence-electron chi connectivity index (χ0n) is 9.80. The molecule has 0 amide bonds. The van der Waals surface area contributed by atoms with E-state index in [1.54, 1.807) is 0 Å². The summed E-state index contributed by atoms with van der Waals surface area (Å²) in [5.41, 5.74) is -2.57. The molecule has 0 saturated heterocycles. The topological polar surface area (TPSA) is 233 Å². The van der Waals surface area contributed by atoms with Crippen LogP contribution in [0.1, 0.15) is 19.8 Å². The van der Waals surface area contributed by atoms with Gasteiger partial charge in [0.1, 0.15) is 0 Å². The van der Waals surface area contributed by atoms with Crippen molar-refractivity contribution in [1.82, 2.24) is 0 Å². The average Bonchev–Trinajstić information content (AvgIpc) is 1.98. The van der Waals surface area contributed by atoms with Crippen LogP contribution in [0.3, 0.4) is 0 Å². The van der Waals surface area contributed by atoms with Crippen LogP contribution in [0.5, 0.6) is 0 Å². The van der Waals surface area contributed by atoms with E-state index in [2.05, 4.69) is 4.74 Å². The Morgan fingerprint density at radius 2 is 1.04 bits per heavy atom. The van der Waals surface area contributed by atoms with Gasteiger partial charge in [0, 0.05) is 6.92 Å². The molecule has 23 heavy (non-hydrogen) atoms. The number of esters is 1. The van der Waals surface area contributed by atoms with E-state index >= 15 is 0 Å². The van der Waals surface area contributed by atoms with Crippen molar-refractivity contribution in [3.63, 3.8) is 0 Å². The first kappa shape index (κ1) is 49.8. The van der Waals surface area contributed by atoms with Crippen molar-refractivity contribution >= 4 is 142 Å². The molecule has 0 bridgehead atoms. The predicted molar refractivity (Wildman–Crippen MR) is 86.1 cm³/mol. The fraction of sp³-hybridized carbons (Fsp3) is 0.500. The number of aliphatic carboxylic acids is 3. The van der Waals surface area contributed by atoms with Gasteiger partial charge in [-0.3, -0.25) is 14.4 Å². The summed E-state index contributed by atoms with van der Waals surface area (Å²) in [4.78, 5) is 42.3. The Bertz CT molecular complexity index is 308. The van der Waals surface area contributed by atoms with E-state index in [0.717, 1.165) is 6.92 Å². The zero-order chi connectivity index (χ0) is 12.9. The molecule has 0 saturated carbocycles. The van der Waals surface area contributed by atoms with Crippen LogP contribution in [0.4, 0.5) is 0 Å². The molecule has 0 spiro atoms. The number of hydrogen-bond acceptors (Lipinski definition) is 5. The van der Waals surface area contributed by atoms with Crippen LogP contribution in [-0.2, 0) is 23.9 Å². The second kappa shape index (κ2) is 23.8. The maximum absolute atomic E-state index is 10.8. The van der Waals surface area contributed by atoms with Gasteiger partial charge >= 0.3 is 142 Å². The molecule has 0 unspecified atom stereocenters. The molecule has 0 aliphatic rings. The molecule has 0 rings (SSSR count). The summed E-state index contributed by atoms with van der Waals surface area (Å²) in [5, 5.41) is 25.7. The van der Waals surface area contributed by atoms with E-state index in [4.69, 9.17) is 15.3 Å². The number of rotatable bonds is 6. The molecule has 9 N–H and O–H groups in total. The third kappa shape index (κ3) is 21.7. The second-order valence-corrected chi connectivity index (χ2v) is 3.03. The molecule has 122 valence electrons. The number of carboxylic acids is 3. The molecule has 0 aliphatic carbocycles. The minimum atomic E-state index is -2.57. The van der Waals surface area contributed by atoms with Gasteiger partial charge in [-0.15, -0.1) is 0 Å². The van der Waals surface area contributed by atoms with Crippen molar-refractivity contribution in [3.05, 3.63) is 0 Å². The first-order chi connectivity index (χ1) is 7.19. The predicted octanol–water partition coefficient (Wildman–Crippen LogP) is -5.75. The minimum absolute atomic E-state index is 0. The van der Waals surface area contributed by atoms with E-state index in [0.29, 0.717) is 0 Å².